The van der Waals surface area contributed by atoms with Crippen molar-refractivity contribution in [2.24, 2.45) is 5.73 Å². The molecule has 0 saturated heterocycles. The molecule has 0 radical (unpaired) electrons. The average molecular weight is 376 g/mol. The number of amides is 1. The monoisotopic (exact) mass is 375 g/mol. The van der Waals surface area contributed by atoms with Gasteiger partial charge >= 0.3 is 0 Å². The first-order valence-electron chi connectivity index (χ1n) is 8.44. The van der Waals surface area contributed by atoms with Crippen LogP contribution in [0.4, 0.5) is 5.69 Å². The normalized spacial score (nSPS) is 15.6. The number of likely N-dealkylation sites (N-methyl/N-ethyl adjacent to an activating group) is 1. The van der Waals surface area contributed by atoms with Gasteiger partial charge in [0.1, 0.15) is 0 Å². The third-order valence-corrected chi connectivity index (χ3v) is 4.70. The van der Waals surface area contributed by atoms with Crippen LogP contribution in [0.5, 0.6) is 0 Å². The standard InChI is InChI=1S/C18H29N3O.2ClH/c1-3-21(16-10-6-5-9-15(16)2)14-13-20-17(22)18(19)11-7-4-8-12-18;;/h5-6,9-10H,3-4,7-8,11-14,19H2,1-2H3,(H,20,22);2*1H. The van der Waals surface area contributed by atoms with Gasteiger partial charge in [-0.25, -0.2) is 0 Å². The van der Waals surface area contributed by atoms with Crippen molar-refractivity contribution in [3.63, 3.8) is 0 Å². The molecule has 1 fully saturated rings. The van der Waals surface area contributed by atoms with Crippen LogP contribution >= 0.6 is 24.8 Å². The van der Waals surface area contributed by atoms with Gasteiger partial charge in [0.05, 0.1) is 5.54 Å². The third-order valence-electron chi connectivity index (χ3n) is 4.70. The van der Waals surface area contributed by atoms with Crippen LogP contribution in [0.25, 0.3) is 0 Å². The summed E-state index contributed by atoms with van der Waals surface area (Å²) in [4.78, 5) is 14.6. The van der Waals surface area contributed by atoms with Gasteiger partial charge in [0, 0.05) is 25.3 Å². The van der Waals surface area contributed by atoms with Gasteiger partial charge in [-0.1, -0.05) is 37.5 Å². The first kappa shape index (κ1) is 23.0. The second-order valence-electron chi connectivity index (χ2n) is 6.34. The van der Waals surface area contributed by atoms with Crippen molar-refractivity contribution in [3.05, 3.63) is 29.8 Å². The number of nitrogens with two attached hydrogens (primary N) is 1. The first-order valence-corrected chi connectivity index (χ1v) is 8.44. The number of benzene rings is 1. The highest BCUT2D eigenvalue weighted by Crippen LogP contribution is 2.26. The Morgan fingerprint density at radius 3 is 2.42 bits per heavy atom. The van der Waals surface area contributed by atoms with E-state index in [1.54, 1.807) is 0 Å². The van der Waals surface area contributed by atoms with E-state index in [0.717, 1.165) is 38.8 Å². The lowest BCUT2D eigenvalue weighted by atomic mass is 9.82. The summed E-state index contributed by atoms with van der Waals surface area (Å²) in [5, 5.41) is 3.04. The Morgan fingerprint density at radius 2 is 1.83 bits per heavy atom. The van der Waals surface area contributed by atoms with Gasteiger partial charge in [-0.05, 0) is 38.3 Å². The minimum absolute atomic E-state index is 0. The number of aryl methyl sites for hydroxylation is 1. The van der Waals surface area contributed by atoms with Gasteiger partial charge in [-0.3, -0.25) is 4.79 Å². The predicted octanol–water partition coefficient (Wildman–Crippen LogP) is 3.44. The maximum Gasteiger partial charge on any atom is 0.240 e. The fourth-order valence-corrected chi connectivity index (χ4v) is 3.26. The molecule has 0 spiro atoms. The second kappa shape index (κ2) is 10.8. The van der Waals surface area contributed by atoms with Crippen LogP contribution < -0.4 is 16.0 Å². The van der Waals surface area contributed by atoms with Crippen molar-refractivity contribution in [2.75, 3.05) is 24.5 Å². The van der Waals surface area contributed by atoms with E-state index in [-0.39, 0.29) is 30.7 Å². The molecule has 138 valence electrons. The Hall–Kier alpha value is -0.970. The zero-order chi connectivity index (χ0) is 16.0. The maximum atomic E-state index is 12.3. The molecule has 0 aromatic heterocycles. The van der Waals surface area contributed by atoms with E-state index in [1.165, 1.54) is 17.7 Å². The smallest absolute Gasteiger partial charge is 0.240 e. The number of rotatable bonds is 6. The molecule has 4 nitrogen and oxygen atoms in total. The summed E-state index contributed by atoms with van der Waals surface area (Å²) in [7, 11) is 0. The van der Waals surface area contributed by atoms with Gasteiger partial charge in [-0.2, -0.15) is 0 Å². The van der Waals surface area contributed by atoms with Crippen molar-refractivity contribution in [1.29, 1.82) is 0 Å². The van der Waals surface area contributed by atoms with Crippen LogP contribution in [0.3, 0.4) is 0 Å². The number of carbonyl (C=O) groups is 1. The quantitative estimate of drug-likeness (QED) is 0.800. The fraction of sp³-hybridized carbons (Fsp3) is 0.611. The Kier molecular flexibility index (Phi) is 10.4. The highest BCUT2D eigenvalue weighted by Gasteiger charge is 2.34. The number of nitrogens with one attached hydrogen (secondary N) is 1. The topological polar surface area (TPSA) is 58.4 Å². The molecule has 6 heteroatoms. The SMILES string of the molecule is CCN(CCNC(=O)C1(N)CCCCC1)c1ccccc1C.Cl.Cl. The highest BCUT2D eigenvalue weighted by molar-refractivity contribution is 5.86. The molecule has 0 atom stereocenters. The van der Waals surface area contributed by atoms with Crippen LogP contribution in [-0.4, -0.2) is 31.1 Å². The Bertz CT molecular complexity index is 505. The third kappa shape index (κ3) is 5.83. The Balaban J connectivity index is 0.00000264. The number of anilines is 1. The number of halogens is 2. The summed E-state index contributed by atoms with van der Waals surface area (Å²) in [6, 6.07) is 8.36. The number of hydrogen-bond acceptors (Lipinski definition) is 3. The summed E-state index contributed by atoms with van der Waals surface area (Å²) in [6.45, 7) is 6.63. The zero-order valence-corrected chi connectivity index (χ0v) is 16.3. The van der Waals surface area contributed by atoms with Crippen molar-refractivity contribution >= 4 is 36.4 Å². The lowest BCUT2D eigenvalue weighted by Crippen LogP contribution is -2.55. The molecule has 2 rings (SSSR count). The molecule has 1 amide bonds. The molecule has 1 aliphatic carbocycles. The molecule has 3 N–H and O–H groups in total. The van der Waals surface area contributed by atoms with Crippen LogP contribution in [0.2, 0.25) is 0 Å². The molecule has 1 aromatic rings. The van der Waals surface area contributed by atoms with E-state index in [1.807, 2.05) is 0 Å². The molecule has 1 aliphatic rings. The second-order valence-corrected chi connectivity index (χ2v) is 6.34. The van der Waals surface area contributed by atoms with Crippen LogP contribution in [0, 0.1) is 6.92 Å². The number of carbonyl (C=O) groups excluding carboxylic acids is 1. The van der Waals surface area contributed by atoms with Gasteiger partial charge in [-0.15, -0.1) is 24.8 Å². The number of hydrogen-bond donors (Lipinski definition) is 2. The van der Waals surface area contributed by atoms with Crippen molar-refractivity contribution in [1.82, 2.24) is 5.32 Å². The van der Waals surface area contributed by atoms with Crippen LogP contribution in [-0.2, 0) is 4.79 Å². The van der Waals surface area contributed by atoms with E-state index in [2.05, 4.69) is 48.3 Å². The fourth-order valence-electron chi connectivity index (χ4n) is 3.26. The highest BCUT2D eigenvalue weighted by atomic mass is 35.5. The lowest BCUT2D eigenvalue weighted by molar-refractivity contribution is -0.127. The number of para-hydroxylation sites is 1. The Labute approximate surface area is 158 Å². The van der Waals surface area contributed by atoms with Gasteiger partial charge in [0.2, 0.25) is 5.91 Å². The first-order chi connectivity index (χ1) is 10.6. The zero-order valence-electron chi connectivity index (χ0n) is 14.7. The molecule has 24 heavy (non-hydrogen) atoms. The molecule has 0 aliphatic heterocycles. The minimum Gasteiger partial charge on any atom is -0.370 e. The van der Waals surface area contributed by atoms with Crippen molar-refractivity contribution in [3.8, 4) is 0 Å². The van der Waals surface area contributed by atoms with E-state index in [9.17, 15) is 4.79 Å². The van der Waals surface area contributed by atoms with E-state index in [0.29, 0.717) is 6.54 Å². The summed E-state index contributed by atoms with van der Waals surface area (Å²) in [5.41, 5.74) is 8.12. The minimum atomic E-state index is -0.641. The van der Waals surface area contributed by atoms with E-state index >= 15 is 0 Å². The van der Waals surface area contributed by atoms with Crippen LogP contribution in [0.1, 0.15) is 44.6 Å². The Morgan fingerprint density at radius 1 is 1.21 bits per heavy atom. The summed E-state index contributed by atoms with van der Waals surface area (Å²) >= 11 is 0. The number of nitrogens with zero attached hydrogens (tertiary/aromatic N) is 1. The van der Waals surface area contributed by atoms with E-state index < -0.39 is 5.54 Å². The van der Waals surface area contributed by atoms with Crippen molar-refractivity contribution in [2.45, 2.75) is 51.5 Å². The average Bonchev–Trinajstić information content (AvgIpc) is 2.53. The largest absolute Gasteiger partial charge is 0.370 e. The summed E-state index contributed by atoms with van der Waals surface area (Å²) in [6.07, 6.45) is 4.95. The molecular formula is C18H31Cl2N3O. The predicted molar refractivity (Wildman–Crippen MR) is 107 cm³/mol. The molecule has 1 saturated carbocycles. The molecular weight excluding hydrogens is 345 g/mol. The van der Waals surface area contributed by atoms with Gasteiger partial charge in [0.25, 0.3) is 0 Å². The molecule has 1 aromatic carbocycles. The lowest BCUT2D eigenvalue weighted by Gasteiger charge is -2.32. The molecule has 0 bridgehead atoms. The van der Waals surface area contributed by atoms with E-state index in [4.69, 9.17) is 5.73 Å². The summed E-state index contributed by atoms with van der Waals surface area (Å²) < 4.78 is 0. The van der Waals surface area contributed by atoms with Gasteiger partial charge in [0.15, 0.2) is 0 Å². The van der Waals surface area contributed by atoms with Crippen LogP contribution in [0.15, 0.2) is 24.3 Å². The molecule has 0 heterocycles. The van der Waals surface area contributed by atoms with Crippen molar-refractivity contribution < 1.29 is 4.79 Å². The summed E-state index contributed by atoms with van der Waals surface area (Å²) in [5.74, 6) is 0.0213. The van der Waals surface area contributed by atoms with Gasteiger partial charge < -0.3 is 16.0 Å². The molecule has 0 unspecified atom stereocenters. The maximum absolute atomic E-state index is 12.3.